The quantitative estimate of drug-likeness (QED) is 0.462. The van der Waals surface area contributed by atoms with Crippen molar-refractivity contribution in [2.75, 3.05) is 7.11 Å². The molecule has 3 aromatic rings. The Morgan fingerprint density at radius 1 is 1.41 bits per heavy atom. The SMILES string of the molecule is CC.COc1c(C(=O)C(F)(F)F)n(Cc2cnc(Cl)s2)c2c(C)ccc[n+]12. The van der Waals surface area contributed by atoms with E-state index in [2.05, 4.69) is 4.98 Å². The van der Waals surface area contributed by atoms with Gasteiger partial charge in [-0.05, 0) is 19.1 Å². The van der Waals surface area contributed by atoms with Gasteiger partial charge in [0.05, 0.1) is 18.2 Å². The largest absolute Gasteiger partial charge is 0.462 e. The summed E-state index contributed by atoms with van der Waals surface area (Å²) in [5.74, 6) is -2.14. The number of hydrogen-bond donors (Lipinski definition) is 0. The van der Waals surface area contributed by atoms with E-state index < -0.39 is 17.7 Å². The number of fused-ring (bicyclic) bond motifs is 1. The lowest BCUT2D eigenvalue weighted by atomic mass is 10.2. The van der Waals surface area contributed by atoms with Crippen molar-refractivity contribution < 1.29 is 27.1 Å². The molecular formula is C17H18ClF3N3O2S+. The number of nitrogens with zero attached hydrogens (tertiary/aromatic N) is 3. The highest BCUT2D eigenvalue weighted by molar-refractivity contribution is 7.15. The molecule has 0 unspecified atom stereocenters. The number of imidazole rings is 1. The van der Waals surface area contributed by atoms with Crippen molar-refractivity contribution in [2.45, 2.75) is 33.5 Å². The first kappa shape index (κ1) is 21.2. The Labute approximate surface area is 163 Å². The molecule has 0 amide bonds. The molecule has 0 saturated heterocycles. The van der Waals surface area contributed by atoms with E-state index in [0.29, 0.717) is 16.1 Å². The van der Waals surface area contributed by atoms with Crippen LogP contribution in [0.25, 0.3) is 5.65 Å². The fourth-order valence-corrected chi connectivity index (χ4v) is 3.63. The molecule has 0 aliphatic rings. The van der Waals surface area contributed by atoms with Gasteiger partial charge in [-0.1, -0.05) is 25.4 Å². The molecule has 0 saturated carbocycles. The second-order valence-corrected chi connectivity index (χ2v) is 6.93. The Balaban J connectivity index is 0.00000126. The number of pyridine rings is 1. The van der Waals surface area contributed by atoms with Crippen molar-refractivity contribution in [3.05, 3.63) is 45.1 Å². The maximum atomic E-state index is 13.1. The van der Waals surface area contributed by atoms with E-state index in [1.165, 1.54) is 22.3 Å². The lowest BCUT2D eigenvalue weighted by Gasteiger charge is -2.05. The number of methoxy groups -OCH3 is 1. The van der Waals surface area contributed by atoms with Crippen LogP contribution in [-0.2, 0) is 6.54 Å². The molecule has 10 heteroatoms. The number of halogens is 4. The smallest absolute Gasteiger partial charge is 0.459 e. The van der Waals surface area contributed by atoms with Crippen molar-refractivity contribution in [3.63, 3.8) is 0 Å². The van der Waals surface area contributed by atoms with E-state index in [9.17, 15) is 18.0 Å². The molecule has 5 nitrogen and oxygen atoms in total. The third-order valence-corrected chi connectivity index (χ3v) is 4.71. The summed E-state index contributed by atoms with van der Waals surface area (Å²) in [7, 11) is 1.23. The van der Waals surface area contributed by atoms with E-state index in [1.807, 2.05) is 13.8 Å². The van der Waals surface area contributed by atoms with E-state index in [4.69, 9.17) is 16.3 Å². The molecule has 0 N–H and O–H groups in total. The van der Waals surface area contributed by atoms with Gasteiger partial charge in [0.25, 0.3) is 11.3 Å². The minimum Gasteiger partial charge on any atom is -0.462 e. The number of alkyl halides is 3. The fraction of sp³-hybridized carbons (Fsp3) is 0.353. The zero-order chi connectivity index (χ0) is 20.4. The van der Waals surface area contributed by atoms with Crippen LogP contribution < -0.4 is 9.14 Å². The molecular weight excluding hydrogens is 403 g/mol. The average molecular weight is 421 g/mol. The van der Waals surface area contributed by atoms with Crippen molar-refractivity contribution in [3.8, 4) is 5.88 Å². The van der Waals surface area contributed by atoms with Crippen LogP contribution in [0.4, 0.5) is 13.2 Å². The summed E-state index contributed by atoms with van der Waals surface area (Å²) >= 11 is 6.94. The second kappa shape index (κ2) is 8.26. The predicted octanol–water partition coefficient (Wildman–Crippen LogP) is 4.47. The van der Waals surface area contributed by atoms with Crippen molar-refractivity contribution in [2.24, 2.45) is 0 Å². The highest BCUT2D eigenvalue weighted by Crippen LogP contribution is 2.30. The van der Waals surface area contributed by atoms with Crippen LogP contribution in [0.5, 0.6) is 5.88 Å². The Kier molecular flexibility index (Phi) is 6.48. The van der Waals surface area contributed by atoms with Crippen molar-refractivity contribution in [1.82, 2.24) is 9.55 Å². The van der Waals surface area contributed by atoms with Crippen LogP contribution in [0.1, 0.15) is 34.8 Å². The zero-order valence-electron chi connectivity index (χ0n) is 15.1. The molecule has 0 fully saturated rings. The lowest BCUT2D eigenvalue weighted by molar-refractivity contribution is -0.520. The van der Waals surface area contributed by atoms with Gasteiger partial charge in [0.15, 0.2) is 4.47 Å². The van der Waals surface area contributed by atoms with E-state index >= 15 is 0 Å². The van der Waals surface area contributed by atoms with E-state index in [-0.39, 0.29) is 16.9 Å². The highest BCUT2D eigenvalue weighted by atomic mass is 35.5. The first-order valence-corrected chi connectivity index (χ1v) is 9.22. The molecule has 0 bridgehead atoms. The number of ether oxygens (including phenoxy) is 1. The molecule has 0 aliphatic heterocycles. The van der Waals surface area contributed by atoms with Gasteiger partial charge in [0, 0.05) is 11.8 Å². The average Bonchev–Trinajstić information content (AvgIpc) is 3.17. The Morgan fingerprint density at radius 3 is 2.59 bits per heavy atom. The summed E-state index contributed by atoms with van der Waals surface area (Å²) in [6, 6.07) is 3.41. The molecule has 27 heavy (non-hydrogen) atoms. The van der Waals surface area contributed by atoms with Gasteiger partial charge >= 0.3 is 17.8 Å². The summed E-state index contributed by atoms with van der Waals surface area (Å²) in [5, 5.41) is 0. The van der Waals surface area contributed by atoms with Crippen LogP contribution in [0, 0.1) is 6.92 Å². The number of aryl methyl sites for hydroxylation is 1. The number of thiazole rings is 1. The second-order valence-electron chi connectivity index (χ2n) is 5.24. The van der Waals surface area contributed by atoms with Crippen LogP contribution in [0.2, 0.25) is 4.47 Å². The number of carbonyl (C=O) groups excluding carboxylic acids is 1. The molecule has 0 aromatic carbocycles. The van der Waals surface area contributed by atoms with Gasteiger partial charge in [0.1, 0.15) is 6.54 Å². The van der Waals surface area contributed by atoms with Gasteiger partial charge in [-0.2, -0.15) is 17.6 Å². The molecule has 0 radical (unpaired) electrons. The Hall–Kier alpha value is -2.13. The first-order chi connectivity index (χ1) is 12.7. The normalized spacial score (nSPS) is 11.3. The zero-order valence-corrected chi connectivity index (χ0v) is 16.7. The number of hydrogen-bond acceptors (Lipinski definition) is 4. The molecule has 3 aromatic heterocycles. The van der Waals surface area contributed by atoms with Crippen LogP contribution in [0.15, 0.2) is 24.5 Å². The summed E-state index contributed by atoms with van der Waals surface area (Å²) in [5.41, 5.74) is 0.558. The van der Waals surface area contributed by atoms with Gasteiger partial charge in [-0.25, -0.2) is 9.55 Å². The highest BCUT2D eigenvalue weighted by Gasteiger charge is 2.48. The predicted molar refractivity (Wildman–Crippen MR) is 96.8 cm³/mol. The van der Waals surface area contributed by atoms with Gasteiger partial charge in [-0.3, -0.25) is 4.79 Å². The maximum absolute atomic E-state index is 13.1. The third-order valence-electron chi connectivity index (χ3n) is 3.61. The summed E-state index contributed by atoms with van der Waals surface area (Å²) < 4.78 is 47.6. The first-order valence-electron chi connectivity index (χ1n) is 8.03. The van der Waals surface area contributed by atoms with Gasteiger partial charge in [0.2, 0.25) is 0 Å². The molecule has 0 atom stereocenters. The van der Waals surface area contributed by atoms with E-state index in [1.54, 1.807) is 25.3 Å². The number of rotatable bonds is 4. The Bertz CT molecular complexity index is 966. The molecule has 3 rings (SSSR count). The van der Waals surface area contributed by atoms with Crippen molar-refractivity contribution in [1.29, 1.82) is 0 Å². The van der Waals surface area contributed by atoms with Crippen LogP contribution >= 0.6 is 22.9 Å². The summed E-state index contributed by atoms with van der Waals surface area (Å²) in [6.07, 6.45) is -2.01. The minimum absolute atomic E-state index is 0.0131. The summed E-state index contributed by atoms with van der Waals surface area (Å²) in [6.45, 7) is 5.76. The van der Waals surface area contributed by atoms with Crippen molar-refractivity contribution >= 4 is 34.4 Å². The third kappa shape index (κ3) is 4.08. The number of Topliss-reactive ketones (excluding diaryl/α,β-unsaturated/α-hetero) is 1. The van der Waals surface area contributed by atoms with Gasteiger partial charge < -0.3 is 4.74 Å². The molecule has 0 aliphatic carbocycles. The number of aromatic nitrogens is 3. The number of ketones is 1. The molecule has 0 spiro atoms. The van der Waals surface area contributed by atoms with E-state index in [0.717, 1.165) is 11.3 Å². The summed E-state index contributed by atoms with van der Waals surface area (Å²) in [4.78, 5) is 16.6. The molecule has 3 heterocycles. The lowest BCUT2D eigenvalue weighted by Crippen LogP contribution is -2.27. The monoisotopic (exact) mass is 420 g/mol. The standard InChI is InChI=1S/C15H12ClF3N3O2S.C2H6/c1-8-4-3-5-21-12(8)22(7-9-6-20-14(16)25-9)10(13(21)24-2)11(23)15(17,18)19;1-2/h3-6H,7H2,1-2H3;1-2H3/q+1;. The van der Waals surface area contributed by atoms with Crippen LogP contribution in [0.3, 0.4) is 0 Å². The Morgan fingerprint density at radius 2 is 2.07 bits per heavy atom. The minimum atomic E-state index is -5.03. The van der Waals surface area contributed by atoms with Gasteiger partial charge in [-0.15, -0.1) is 11.3 Å². The fourth-order valence-electron chi connectivity index (χ4n) is 2.67. The van der Waals surface area contributed by atoms with Crippen LogP contribution in [-0.4, -0.2) is 28.6 Å². The number of carbonyl (C=O) groups is 1. The molecule has 146 valence electrons. The maximum Gasteiger partial charge on any atom is 0.459 e. The topological polar surface area (TPSA) is 48.2 Å².